The van der Waals surface area contributed by atoms with Crippen molar-refractivity contribution < 1.29 is 14.3 Å². The Morgan fingerprint density at radius 1 is 1.20 bits per heavy atom. The van der Waals surface area contributed by atoms with E-state index < -0.39 is 0 Å². The normalized spacial score (nSPS) is 18.3. The van der Waals surface area contributed by atoms with Crippen molar-refractivity contribution in [3.05, 3.63) is 54.2 Å². The third-order valence-electron chi connectivity index (χ3n) is 4.12. The summed E-state index contributed by atoms with van der Waals surface area (Å²) < 4.78 is 5.67. The molecular weight excluding hydrogens is 318 g/mol. The number of nitrogens with one attached hydrogen (secondary N) is 2. The molecule has 1 aromatic carbocycles. The van der Waals surface area contributed by atoms with Gasteiger partial charge < -0.3 is 15.4 Å². The highest BCUT2D eigenvalue weighted by atomic mass is 16.5. The molecule has 3 rings (SSSR count). The summed E-state index contributed by atoms with van der Waals surface area (Å²) in [6.45, 7) is 2.38. The highest BCUT2D eigenvalue weighted by molar-refractivity contribution is 5.87. The van der Waals surface area contributed by atoms with Gasteiger partial charge in [-0.15, -0.1) is 0 Å². The van der Waals surface area contributed by atoms with E-state index in [9.17, 15) is 9.59 Å². The number of carbonyl (C=O) groups is 2. The SMILES string of the molecule is C[C@H]1C[C@@H]1C(=O)NCC(=O)NCc1ccnc(Oc2ccccc2)c1. The molecule has 0 saturated heterocycles. The Morgan fingerprint density at radius 3 is 2.68 bits per heavy atom. The van der Waals surface area contributed by atoms with Crippen LogP contribution in [0.25, 0.3) is 0 Å². The monoisotopic (exact) mass is 339 g/mol. The van der Waals surface area contributed by atoms with E-state index in [-0.39, 0.29) is 24.3 Å². The van der Waals surface area contributed by atoms with E-state index in [1.54, 1.807) is 12.3 Å². The molecule has 130 valence electrons. The number of para-hydroxylation sites is 1. The van der Waals surface area contributed by atoms with Crippen LogP contribution in [0, 0.1) is 11.8 Å². The van der Waals surface area contributed by atoms with Crippen LogP contribution in [-0.2, 0) is 16.1 Å². The van der Waals surface area contributed by atoms with Gasteiger partial charge in [0.25, 0.3) is 0 Å². The number of aromatic nitrogens is 1. The lowest BCUT2D eigenvalue weighted by molar-refractivity contribution is -0.127. The van der Waals surface area contributed by atoms with Crippen molar-refractivity contribution in [3.63, 3.8) is 0 Å². The number of ether oxygens (including phenoxy) is 1. The number of pyridine rings is 1. The zero-order valence-corrected chi connectivity index (χ0v) is 14.1. The second-order valence-corrected chi connectivity index (χ2v) is 6.23. The molecule has 1 heterocycles. The maximum Gasteiger partial charge on any atom is 0.239 e. The lowest BCUT2D eigenvalue weighted by Gasteiger charge is -2.08. The van der Waals surface area contributed by atoms with Crippen LogP contribution in [0.2, 0.25) is 0 Å². The van der Waals surface area contributed by atoms with Gasteiger partial charge in [0.15, 0.2) is 0 Å². The van der Waals surface area contributed by atoms with Crippen molar-refractivity contribution >= 4 is 11.8 Å². The first-order valence-electron chi connectivity index (χ1n) is 8.34. The molecule has 2 aromatic rings. The predicted molar refractivity (Wildman–Crippen MR) is 92.9 cm³/mol. The summed E-state index contributed by atoms with van der Waals surface area (Å²) in [6.07, 6.45) is 2.55. The quantitative estimate of drug-likeness (QED) is 0.811. The number of carbonyl (C=O) groups excluding carboxylic acids is 2. The van der Waals surface area contributed by atoms with E-state index in [0.29, 0.717) is 24.1 Å². The Labute approximate surface area is 146 Å². The topological polar surface area (TPSA) is 80.3 Å². The fraction of sp³-hybridized carbons (Fsp3) is 0.316. The number of nitrogens with zero attached hydrogens (tertiary/aromatic N) is 1. The molecule has 0 aliphatic heterocycles. The minimum atomic E-state index is -0.219. The maximum absolute atomic E-state index is 11.8. The molecule has 0 spiro atoms. The highest BCUT2D eigenvalue weighted by Gasteiger charge is 2.38. The summed E-state index contributed by atoms with van der Waals surface area (Å²) in [7, 11) is 0. The van der Waals surface area contributed by atoms with E-state index in [0.717, 1.165) is 12.0 Å². The minimum absolute atomic E-state index is 0.000505. The van der Waals surface area contributed by atoms with Gasteiger partial charge in [-0.1, -0.05) is 25.1 Å². The average molecular weight is 339 g/mol. The second kappa shape index (κ2) is 7.79. The first kappa shape index (κ1) is 17.0. The van der Waals surface area contributed by atoms with E-state index in [1.807, 2.05) is 43.3 Å². The summed E-state index contributed by atoms with van der Waals surface area (Å²) in [4.78, 5) is 27.7. The van der Waals surface area contributed by atoms with Gasteiger partial charge in [-0.05, 0) is 36.1 Å². The molecular formula is C19H21N3O3. The second-order valence-electron chi connectivity index (χ2n) is 6.23. The van der Waals surface area contributed by atoms with Gasteiger partial charge in [0.05, 0.1) is 6.54 Å². The fourth-order valence-corrected chi connectivity index (χ4v) is 2.47. The van der Waals surface area contributed by atoms with Gasteiger partial charge in [-0.2, -0.15) is 0 Å². The van der Waals surface area contributed by atoms with Crippen LogP contribution in [0.15, 0.2) is 48.7 Å². The highest BCUT2D eigenvalue weighted by Crippen LogP contribution is 2.37. The smallest absolute Gasteiger partial charge is 0.239 e. The van der Waals surface area contributed by atoms with Gasteiger partial charge in [0.1, 0.15) is 5.75 Å². The van der Waals surface area contributed by atoms with Gasteiger partial charge >= 0.3 is 0 Å². The van der Waals surface area contributed by atoms with Gasteiger partial charge in [-0.3, -0.25) is 9.59 Å². The van der Waals surface area contributed by atoms with Crippen LogP contribution in [0.1, 0.15) is 18.9 Å². The van der Waals surface area contributed by atoms with E-state index >= 15 is 0 Å². The van der Waals surface area contributed by atoms with Crippen molar-refractivity contribution in [2.75, 3.05) is 6.54 Å². The molecule has 6 nitrogen and oxygen atoms in total. The molecule has 2 atom stereocenters. The Balaban J connectivity index is 1.45. The molecule has 1 fully saturated rings. The first-order valence-corrected chi connectivity index (χ1v) is 8.34. The van der Waals surface area contributed by atoms with Crippen molar-refractivity contribution in [2.45, 2.75) is 19.9 Å². The van der Waals surface area contributed by atoms with E-state index in [1.165, 1.54) is 0 Å². The molecule has 1 aliphatic rings. The standard InChI is InChI=1S/C19H21N3O3/c1-13-9-16(13)19(24)22-12-17(23)21-11-14-7-8-20-18(10-14)25-15-5-3-2-4-6-15/h2-8,10,13,16H,9,11-12H2,1H3,(H,21,23)(H,22,24)/t13-,16-/m0/s1. The van der Waals surface area contributed by atoms with Crippen LogP contribution in [0.4, 0.5) is 0 Å². The zero-order valence-electron chi connectivity index (χ0n) is 14.1. The van der Waals surface area contributed by atoms with Crippen molar-refractivity contribution in [3.8, 4) is 11.6 Å². The Bertz CT molecular complexity index is 749. The van der Waals surface area contributed by atoms with Crippen LogP contribution < -0.4 is 15.4 Å². The van der Waals surface area contributed by atoms with Gasteiger partial charge in [0, 0.05) is 24.7 Å². The molecule has 1 aromatic heterocycles. The molecule has 25 heavy (non-hydrogen) atoms. The number of hydrogen-bond donors (Lipinski definition) is 2. The molecule has 0 bridgehead atoms. The van der Waals surface area contributed by atoms with E-state index in [2.05, 4.69) is 15.6 Å². The third kappa shape index (κ3) is 5.04. The summed E-state index contributed by atoms with van der Waals surface area (Å²) in [5.74, 6) is 1.42. The van der Waals surface area contributed by atoms with Gasteiger partial charge in [-0.25, -0.2) is 4.98 Å². The van der Waals surface area contributed by atoms with Crippen molar-refractivity contribution in [1.29, 1.82) is 0 Å². The van der Waals surface area contributed by atoms with Crippen LogP contribution >= 0.6 is 0 Å². The molecule has 0 radical (unpaired) electrons. The van der Waals surface area contributed by atoms with Crippen LogP contribution in [0.5, 0.6) is 11.6 Å². The lowest BCUT2D eigenvalue weighted by Crippen LogP contribution is -2.37. The lowest BCUT2D eigenvalue weighted by atomic mass is 10.2. The summed E-state index contributed by atoms with van der Waals surface area (Å²) in [6, 6.07) is 13.0. The first-order chi connectivity index (χ1) is 12.1. The molecule has 1 saturated carbocycles. The largest absolute Gasteiger partial charge is 0.439 e. The number of rotatable bonds is 7. The summed E-state index contributed by atoms with van der Waals surface area (Å²) >= 11 is 0. The average Bonchev–Trinajstić information content (AvgIpc) is 3.36. The number of hydrogen-bond acceptors (Lipinski definition) is 4. The predicted octanol–water partition coefficient (Wildman–Crippen LogP) is 2.26. The summed E-state index contributed by atoms with van der Waals surface area (Å²) in [5.41, 5.74) is 0.872. The van der Waals surface area contributed by atoms with Crippen LogP contribution in [0.3, 0.4) is 0 Å². The fourth-order valence-electron chi connectivity index (χ4n) is 2.47. The van der Waals surface area contributed by atoms with Crippen LogP contribution in [-0.4, -0.2) is 23.3 Å². The number of benzene rings is 1. The van der Waals surface area contributed by atoms with Crippen molar-refractivity contribution in [2.24, 2.45) is 11.8 Å². The molecule has 2 amide bonds. The summed E-state index contributed by atoms with van der Waals surface area (Å²) in [5, 5.41) is 5.45. The Morgan fingerprint density at radius 2 is 1.96 bits per heavy atom. The molecule has 2 N–H and O–H groups in total. The Hall–Kier alpha value is -2.89. The molecule has 0 unspecified atom stereocenters. The molecule has 6 heteroatoms. The van der Waals surface area contributed by atoms with Gasteiger partial charge in [0.2, 0.25) is 17.7 Å². The van der Waals surface area contributed by atoms with E-state index in [4.69, 9.17) is 4.74 Å². The number of amides is 2. The maximum atomic E-state index is 11.8. The third-order valence-corrected chi connectivity index (χ3v) is 4.12. The molecule has 1 aliphatic carbocycles. The minimum Gasteiger partial charge on any atom is -0.439 e. The Kier molecular flexibility index (Phi) is 5.28. The van der Waals surface area contributed by atoms with Crippen molar-refractivity contribution in [1.82, 2.24) is 15.6 Å². The zero-order chi connectivity index (χ0) is 17.6.